The van der Waals surface area contributed by atoms with Crippen LogP contribution in [0.3, 0.4) is 0 Å². The van der Waals surface area contributed by atoms with Crippen LogP contribution >= 0.6 is 11.8 Å². The maximum absolute atomic E-state index is 14.0. The fourth-order valence-corrected chi connectivity index (χ4v) is 9.04. The highest BCUT2D eigenvalue weighted by Crippen LogP contribution is 2.62. The average molecular weight is 708 g/mol. The lowest BCUT2D eigenvalue weighted by molar-refractivity contribution is -0.173. The van der Waals surface area contributed by atoms with Gasteiger partial charge in [-0.25, -0.2) is 0 Å². The number of hydrogen-bond donors (Lipinski definition) is 6. The molecule has 6 rings (SSSR count). The molecule has 12 nitrogen and oxygen atoms in total. The van der Waals surface area contributed by atoms with Crippen molar-refractivity contribution >= 4 is 41.4 Å². The summed E-state index contributed by atoms with van der Waals surface area (Å²) >= 11 is 1.51. The number of phenolic OH excluding ortho intramolecular Hbond substituents is 1. The Kier molecular flexibility index (Phi) is 12.1. The van der Waals surface area contributed by atoms with Crippen LogP contribution in [0.25, 0.3) is 0 Å². The van der Waals surface area contributed by atoms with Gasteiger partial charge in [0.05, 0.1) is 25.1 Å². The fraction of sp³-hybridized carbons (Fsp3) is 0.541. The van der Waals surface area contributed by atoms with Crippen LogP contribution in [0.2, 0.25) is 0 Å². The van der Waals surface area contributed by atoms with Gasteiger partial charge in [-0.05, 0) is 98.5 Å². The van der Waals surface area contributed by atoms with Crippen LogP contribution in [0.15, 0.2) is 54.6 Å². The van der Waals surface area contributed by atoms with Crippen LogP contribution in [0.4, 0.5) is 0 Å². The first-order chi connectivity index (χ1) is 23.9. The van der Waals surface area contributed by atoms with Crippen molar-refractivity contribution in [2.45, 2.75) is 81.5 Å². The molecule has 50 heavy (non-hydrogen) atoms. The van der Waals surface area contributed by atoms with Gasteiger partial charge in [-0.3, -0.25) is 24.0 Å². The number of thioether (sulfide) groups is 1. The molecule has 0 spiro atoms. The zero-order chi connectivity index (χ0) is 35.9. The first kappa shape index (κ1) is 37.2. The molecule has 7 N–H and O–H groups in total. The molecule has 4 fully saturated rings. The van der Waals surface area contributed by atoms with Gasteiger partial charge in [0.25, 0.3) is 0 Å². The summed E-state index contributed by atoms with van der Waals surface area (Å²) in [6.07, 6.45) is 7.36. The van der Waals surface area contributed by atoms with Crippen molar-refractivity contribution in [3.05, 3.63) is 65.7 Å². The maximum atomic E-state index is 14.0. The second-order valence-electron chi connectivity index (χ2n) is 14.3. The van der Waals surface area contributed by atoms with E-state index in [4.69, 9.17) is 10.5 Å². The van der Waals surface area contributed by atoms with Crippen molar-refractivity contribution in [1.82, 2.24) is 21.3 Å². The van der Waals surface area contributed by atoms with Crippen molar-refractivity contribution < 1.29 is 33.8 Å². The number of nitrogens with two attached hydrogens (primary N) is 1. The third-order valence-corrected chi connectivity index (χ3v) is 11.0. The Morgan fingerprint density at radius 2 is 1.54 bits per heavy atom. The van der Waals surface area contributed by atoms with Gasteiger partial charge in [0.15, 0.2) is 0 Å². The number of ether oxygens (including phenoxy) is 1. The molecule has 0 saturated heterocycles. The Bertz CT molecular complexity index is 1520. The summed E-state index contributed by atoms with van der Waals surface area (Å²) in [5, 5.41) is 21.0. The van der Waals surface area contributed by atoms with Gasteiger partial charge >= 0.3 is 5.97 Å². The lowest BCUT2D eigenvalue weighted by atomic mass is 9.47. The minimum absolute atomic E-state index is 0.104. The SMILES string of the molecule is COC(=O)C12CC3CC(CC(NC(=O)[C@H](Cc4ccccc4)NC(=O)CNC(=O)[C@@H](CCSC)NC(=O)[C@@H](N)Cc4ccc(O)cc4)(C3)C1)C2. The molecule has 4 amide bonds. The van der Waals surface area contributed by atoms with Gasteiger partial charge in [-0.2, -0.15) is 11.8 Å². The summed E-state index contributed by atoms with van der Waals surface area (Å²) in [6, 6.07) is 13.0. The molecule has 2 unspecified atom stereocenters. The van der Waals surface area contributed by atoms with Gasteiger partial charge in [0.1, 0.15) is 17.8 Å². The normalized spacial score (nSPS) is 25.1. The highest BCUT2D eigenvalue weighted by Gasteiger charge is 2.61. The molecule has 4 aliphatic carbocycles. The largest absolute Gasteiger partial charge is 0.508 e. The Morgan fingerprint density at radius 3 is 2.18 bits per heavy atom. The molecule has 4 bridgehead atoms. The monoisotopic (exact) mass is 707 g/mol. The van der Waals surface area contributed by atoms with Crippen LogP contribution < -0.4 is 27.0 Å². The van der Waals surface area contributed by atoms with E-state index in [9.17, 15) is 29.1 Å². The summed E-state index contributed by atoms with van der Waals surface area (Å²) < 4.78 is 5.23. The highest BCUT2D eigenvalue weighted by atomic mass is 32.2. The van der Waals surface area contributed by atoms with Gasteiger partial charge in [-0.15, -0.1) is 0 Å². The molecule has 13 heteroatoms. The van der Waals surface area contributed by atoms with Crippen LogP contribution in [-0.2, 0) is 41.6 Å². The third kappa shape index (κ3) is 9.16. The van der Waals surface area contributed by atoms with Crippen molar-refractivity contribution in [1.29, 1.82) is 0 Å². The van der Waals surface area contributed by atoms with E-state index in [2.05, 4.69) is 21.3 Å². The van der Waals surface area contributed by atoms with E-state index < -0.39 is 53.3 Å². The van der Waals surface area contributed by atoms with Gasteiger partial charge in [-0.1, -0.05) is 42.5 Å². The predicted octanol–water partition coefficient (Wildman–Crippen LogP) is 1.97. The summed E-state index contributed by atoms with van der Waals surface area (Å²) in [4.78, 5) is 66.4. The second-order valence-corrected chi connectivity index (χ2v) is 15.3. The van der Waals surface area contributed by atoms with Gasteiger partial charge < -0.3 is 36.8 Å². The number of carbonyl (C=O) groups is 5. The van der Waals surface area contributed by atoms with Crippen molar-refractivity contribution in [2.24, 2.45) is 23.0 Å². The van der Waals surface area contributed by atoms with Crippen molar-refractivity contribution in [3.63, 3.8) is 0 Å². The third-order valence-electron chi connectivity index (χ3n) is 10.4. The minimum Gasteiger partial charge on any atom is -0.508 e. The van der Waals surface area contributed by atoms with Gasteiger partial charge in [0, 0.05) is 12.0 Å². The lowest BCUT2D eigenvalue weighted by Gasteiger charge is -2.60. The molecule has 0 radical (unpaired) electrons. The smallest absolute Gasteiger partial charge is 0.311 e. The van der Waals surface area contributed by atoms with E-state index in [0.29, 0.717) is 30.4 Å². The summed E-state index contributed by atoms with van der Waals surface area (Å²) in [5.74, 6) is -0.794. The number of esters is 1. The quantitative estimate of drug-likeness (QED) is 0.142. The van der Waals surface area contributed by atoms with Crippen LogP contribution in [0.5, 0.6) is 5.75 Å². The van der Waals surface area contributed by atoms with E-state index in [-0.39, 0.29) is 30.5 Å². The molecule has 0 aliphatic heterocycles. The number of hydrogen-bond acceptors (Lipinski definition) is 9. The molecule has 5 atom stereocenters. The van der Waals surface area contributed by atoms with E-state index in [1.54, 1.807) is 12.1 Å². The van der Waals surface area contributed by atoms with Crippen molar-refractivity contribution in [2.75, 3.05) is 25.7 Å². The average Bonchev–Trinajstić information content (AvgIpc) is 3.08. The number of rotatable bonds is 16. The molecule has 0 heterocycles. The number of methoxy groups -OCH3 is 1. The number of benzene rings is 2. The Hall–Kier alpha value is -4.10. The minimum atomic E-state index is -0.929. The lowest BCUT2D eigenvalue weighted by Crippen LogP contribution is -2.67. The fourth-order valence-electron chi connectivity index (χ4n) is 8.57. The number of amides is 4. The number of phenols is 1. The summed E-state index contributed by atoms with van der Waals surface area (Å²) in [6.45, 7) is -0.399. The highest BCUT2D eigenvalue weighted by molar-refractivity contribution is 7.98. The number of carbonyl (C=O) groups excluding carboxylic acids is 5. The van der Waals surface area contributed by atoms with Crippen LogP contribution in [-0.4, -0.2) is 84.0 Å². The standard InChI is InChI=1S/C37H49N5O7S/c1-49-35(48)36-17-25-14-26(18-36)20-37(19-25,22-36)42-34(47)30(16-23-6-4-3-5-7-23)40-31(44)21-39-33(46)29(12-13-50-2)41-32(45)28(38)15-24-8-10-27(43)11-9-24/h3-11,25-26,28-30,43H,12-22,38H2,1-2H3,(H,39,46)(H,40,44)(H,41,45)(H,42,47)/t25?,26?,28-,29+,30-,36?,37?/m0/s1. The zero-order valence-electron chi connectivity index (χ0n) is 28.7. The zero-order valence-corrected chi connectivity index (χ0v) is 29.6. The predicted molar refractivity (Wildman–Crippen MR) is 190 cm³/mol. The van der Waals surface area contributed by atoms with Gasteiger partial charge in [0.2, 0.25) is 23.6 Å². The Morgan fingerprint density at radius 1 is 0.880 bits per heavy atom. The van der Waals surface area contributed by atoms with E-state index in [1.807, 2.05) is 36.6 Å². The molecule has 2 aromatic rings. The Labute approximate surface area is 297 Å². The maximum Gasteiger partial charge on any atom is 0.311 e. The number of aromatic hydroxyl groups is 1. The first-order valence-corrected chi connectivity index (χ1v) is 18.7. The topological polar surface area (TPSA) is 189 Å². The first-order valence-electron chi connectivity index (χ1n) is 17.3. The molecule has 270 valence electrons. The molecule has 4 saturated carbocycles. The second kappa shape index (κ2) is 16.3. The molecular formula is C37H49N5O7S. The molecule has 0 aromatic heterocycles. The van der Waals surface area contributed by atoms with E-state index in [1.165, 1.54) is 31.0 Å². The summed E-state index contributed by atoms with van der Waals surface area (Å²) in [7, 11) is 1.42. The van der Waals surface area contributed by atoms with Crippen LogP contribution in [0, 0.1) is 17.3 Å². The van der Waals surface area contributed by atoms with E-state index >= 15 is 0 Å². The van der Waals surface area contributed by atoms with E-state index in [0.717, 1.165) is 43.2 Å². The van der Waals surface area contributed by atoms with Crippen molar-refractivity contribution in [3.8, 4) is 5.75 Å². The molecule has 2 aromatic carbocycles. The Balaban J connectivity index is 1.21. The molecular weight excluding hydrogens is 659 g/mol. The number of nitrogens with one attached hydrogen (secondary N) is 4. The summed E-state index contributed by atoms with van der Waals surface area (Å²) in [5.41, 5.74) is 6.61. The van der Waals surface area contributed by atoms with Crippen LogP contribution in [0.1, 0.15) is 56.1 Å². The molecule has 4 aliphatic rings.